The van der Waals surface area contributed by atoms with Gasteiger partial charge in [0.2, 0.25) is 0 Å². The van der Waals surface area contributed by atoms with E-state index < -0.39 is 6.10 Å². The molecule has 23 heavy (non-hydrogen) atoms. The third-order valence-corrected chi connectivity index (χ3v) is 4.30. The van der Waals surface area contributed by atoms with Crippen molar-refractivity contribution in [2.45, 2.75) is 103 Å². The fourth-order valence-corrected chi connectivity index (χ4v) is 2.73. The lowest BCUT2D eigenvalue weighted by Gasteiger charge is -2.10. The van der Waals surface area contributed by atoms with Gasteiger partial charge in [-0.1, -0.05) is 90.4 Å². The number of hydrogen-bond acceptors (Lipinski definition) is 4. The van der Waals surface area contributed by atoms with Crippen LogP contribution in [0.5, 0.6) is 0 Å². The lowest BCUT2D eigenvalue weighted by molar-refractivity contribution is -0.293. The number of ether oxygens (including phenoxy) is 1. The largest absolute Gasteiger partial charge is 0.393 e. The van der Waals surface area contributed by atoms with Crippen molar-refractivity contribution in [1.82, 2.24) is 0 Å². The molecule has 0 amide bonds. The minimum atomic E-state index is -0.610. The van der Waals surface area contributed by atoms with Crippen molar-refractivity contribution in [3.05, 3.63) is 0 Å². The standard InChI is InChI=1S/C19H40O4/c1-2-3-4-5-6-7-8-9-10-11-12-13-14-15-16-22-18-19(17-20)23-21/h19-21H,2-18H2,1H3/t19-/m0/s1. The number of rotatable bonds is 19. The van der Waals surface area contributed by atoms with Crippen molar-refractivity contribution in [3.8, 4) is 0 Å². The van der Waals surface area contributed by atoms with E-state index in [1.165, 1.54) is 83.5 Å². The van der Waals surface area contributed by atoms with Crippen molar-refractivity contribution >= 4 is 0 Å². The summed E-state index contributed by atoms with van der Waals surface area (Å²) in [6.07, 6.45) is 18.3. The smallest absolute Gasteiger partial charge is 0.139 e. The minimum absolute atomic E-state index is 0.213. The molecule has 4 nitrogen and oxygen atoms in total. The maximum absolute atomic E-state index is 8.79. The number of unbranched alkanes of at least 4 members (excludes halogenated alkanes) is 13. The van der Waals surface area contributed by atoms with Crippen LogP contribution in [-0.2, 0) is 9.62 Å². The minimum Gasteiger partial charge on any atom is -0.393 e. The molecule has 0 saturated carbocycles. The van der Waals surface area contributed by atoms with Crippen LogP contribution in [0.2, 0.25) is 0 Å². The molecule has 4 heteroatoms. The van der Waals surface area contributed by atoms with E-state index in [0.29, 0.717) is 6.61 Å². The van der Waals surface area contributed by atoms with Gasteiger partial charge in [0.1, 0.15) is 6.10 Å². The van der Waals surface area contributed by atoms with Gasteiger partial charge in [-0.3, -0.25) is 5.26 Å². The number of hydrogen-bond donors (Lipinski definition) is 2. The molecular weight excluding hydrogens is 292 g/mol. The van der Waals surface area contributed by atoms with Crippen LogP contribution < -0.4 is 0 Å². The highest BCUT2D eigenvalue weighted by molar-refractivity contribution is 4.52. The van der Waals surface area contributed by atoms with Crippen molar-refractivity contribution in [2.24, 2.45) is 0 Å². The van der Waals surface area contributed by atoms with Crippen LogP contribution >= 0.6 is 0 Å². The molecule has 0 spiro atoms. The molecule has 2 N–H and O–H groups in total. The Balaban J connectivity index is 3.02. The van der Waals surface area contributed by atoms with E-state index in [9.17, 15) is 0 Å². The molecular formula is C19H40O4. The topological polar surface area (TPSA) is 58.9 Å². The predicted molar refractivity (Wildman–Crippen MR) is 95.7 cm³/mol. The fraction of sp³-hybridized carbons (Fsp3) is 1.00. The Labute approximate surface area is 143 Å². The summed E-state index contributed by atoms with van der Waals surface area (Å²) < 4.78 is 5.34. The normalized spacial score (nSPS) is 12.7. The van der Waals surface area contributed by atoms with Gasteiger partial charge in [0, 0.05) is 6.61 Å². The third-order valence-electron chi connectivity index (χ3n) is 4.30. The summed E-state index contributed by atoms with van der Waals surface area (Å²) in [5.74, 6) is 0. The molecule has 0 aliphatic rings. The molecule has 0 heterocycles. The van der Waals surface area contributed by atoms with Gasteiger partial charge in [0.25, 0.3) is 0 Å². The Bertz CT molecular complexity index is 208. The Kier molecular flexibility index (Phi) is 19.7. The van der Waals surface area contributed by atoms with Crippen molar-refractivity contribution in [2.75, 3.05) is 19.8 Å². The van der Waals surface area contributed by atoms with Gasteiger partial charge in [-0.25, -0.2) is 4.89 Å². The fourth-order valence-electron chi connectivity index (χ4n) is 2.73. The van der Waals surface area contributed by atoms with E-state index in [4.69, 9.17) is 15.1 Å². The summed E-state index contributed by atoms with van der Waals surface area (Å²) in [6, 6.07) is 0. The summed E-state index contributed by atoms with van der Waals surface area (Å²) >= 11 is 0. The maximum atomic E-state index is 8.79. The zero-order chi connectivity index (χ0) is 17.0. The molecule has 0 unspecified atom stereocenters. The van der Waals surface area contributed by atoms with Gasteiger partial charge < -0.3 is 9.84 Å². The van der Waals surface area contributed by atoms with Crippen LogP contribution in [0.4, 0.5) is 0 Å². The van der Waals surface area contributed by atoms with Gasteiger partial charge in [0.15, 0.2) is 0 Å². The highest BCUT2D eigenvalue weighted by Crippen LogP contribution is 2.12. The Hall–Kier alpha value is -0.160. The second-order valence-electron chi connectivity index (χ2n) is 6.58. The van der Waals surface area contributed by atoms with Crippen LogP contribution in [0.25, 0.3) is 0 Å². The average Bonchev–Trinajstić information content (AvgIpc) is 2.58. The first-order valence-electron chi connectivity index (χ1n) is 9.84. The zero-order valence-electron chi connectivity index (χ0n) is 15.3. The summed E-state index contributed by atoms with van der Waals surface area (Å²) in [4.78, 5) is 4.05. The highest BCUT2D eigenvalue weighted by Gasteiger charge is 2.06. The predicted octanol–water partition coefficient (Wildman–Crippen LogP) is 5.33. The molecule has 0 aromatic rings. The molecule has 140 valence electrons. The first kappa shape index (κ1) is 22.8. The zero-order valence-corrected chi connectivity index (χ0v) is 15.3. The second kappa shape index (κ2) is 19.9. The second-order valence-corrected chi connectivity index (χ2v) is 6.58. The third kappa shape index (κ3) is 18.0. The van der Waals surface area contributed by atoms with Gasteiger partial charge in [-0.2, -0.15) is 0 Å². The molecule has 0 aliphatic heterocycles. The Morgan fingerprint density at radius 3 is 1.52 bits per heavy atom. The van der Waals surface area contributed by atoms with Gasteiger partial charge in [-0.15, -0.1) is 0 Å². The summed E-state index contributed by atoms with van der Waals surface area (Å²) in [5.41, 5.74) is 0. The lowest BCUT2D eigenvalue weighted by Crippen LogP contribution is -2.22. The summed E-state index contributed by atoms with van der Waals surface area (Å²) in [7, 11) is 0. The molecule has 0 aromatic carbocycles. The molecule has 0 fully saturated rings. The molecule has 0 bridgehead atoms. The monoisotopic (exact) mass is 332 g/mol. The van der Waals surface area contributed by atoms with Crippen LogP contribution in [-0.4, -0.2) is 36.3 Å². The van der Waals surface area contributed by atoms with Crippen molar-refractivity contribution in [3.63, 3.8) is 0 Å². The van der Waals surface area contributed by atoms with E-state index in [-0.39, 0.29) is 13.2 Å². The SMILES string of the molecule is CCCCCCCCCCCCCCCCOC[C@H](CO)OO. The van der Waals surface area contributed by atoms with E-state index in [1.807, 2.05) is 0 Å². The van der Waals surface area contributed by atoms with E-state index in [0.717, 1.165) is 6.42 Å². The molecule has 0 aromatic heterocycles. The summed E-state index contributed by atoms with van der Waals surface area (Å²) in [6.45, 7) is 2.99. The Morgan fingerprint density at radius 1 is 0.696 bits per heavy atom. The molecule has 0 radical (unpaired) electrons. The van der Waals surface area contributed by atoms with E-state index in [2.05, 4.69) is 11.8 Å². The highest BCUT2D eigenvalue weighted by atomic mass is 17.1. The maximum Gasteiger partial charge on any atom is 0.139 e. The number of aliphatic hydroxyl groups excluding tert-OH is 1. The van der Waals surface area contributed by atoms with Gasteiger partial charge >= 0.3 is 0 Å². The average molecular weight is 333 g/mol. The molecule has 0 rings (SSSR count). The van der Waals surface area contributed by atoms with Crippen LogP contribution in [0.15, 0.2) is 0 Å². The summed E-state index contributed by atoms with van der Waals surface area (Å²) in [5, 5.41) is 17.2. The first-order chi connectivity index (χ1) is 11.3. The van der Waals surface area contributed by atoms with E-state index >= 15 is 0 Å². The van der Waals surface area contributed by atoms with E-state index in [1.54, 1.807) is 0 Å². The van der Waals surface area contributed by atoms with Gasteiger partial charge in [-0.05, 0) is 6.42 Å². The van der Waals surface area contributed by atoms with Gasteiger partial charge in [0.05, 0.1) is 13.2 Å². The number of aliphatic hydroxyl groups is 1. The van der Waals surface area contributed by atoms with Crippen LogP contribution in [0.3, 0.4) is 0 Å². The molecule has 0 aliphatic carbocycles. The van der Waals surface area contributed by atoms with Crippen molar-refractivity contribution < 1.29 is 20.0 Å². The van der Waals surface area contributed by atoms with Crippen molar-refractivity contribution in [1.29, 1.82) is 0 Å². The Morgan fingerprint density at radius 2 is 1.13 bits per heavy atom. The lowest BCUT2D eigenvalue weighted by atomic mass is 10.0. The molecule has 1 atom stereocenters. The molecule has 0 saturated heterocycles. The first-order valence-corrected chi connectivity index (χ1v) is 9.84. The van der Waals surface area contributed by atoms with Crippen LogP contribution in [0.1, 0.15) is 96.8 Å². The quantitative estimate of drug-likeness (QED) is 0.190. The van der Waals surface area contributed by atoms with Crippen LogP contribution in [0, 0.1) is 0 Å².